The second kappa shape index (κ2) is 8.59. The first-order chi connectivity index (χ1) is 17.2. The molecule has 36 heavy (non-hydrogen) atoms. The molecular formula is C25H25FN4O6. The van der Waals surface area contributed by atoms with Crippen LogP contribution in [0, 0.1) is 17.7 Å². The number of methoxy groups -OCH3 is 2. The number of imide groups is 1. The Labute approximate surface area is 205 Å². The fourth-order valence-corrected chi connectivity index (χ4v) is 5.72. The van der Waals surface area contributed by atoms with Crippen molar-refractivity contribution in [1.82, 2.24) is 10.2 Å². The van der Waals surface area contributed by atoms with E-state index in [0.29, 0.717) is 23.6 Å². The van der Waals surface area contributed by atoms with Crippen molar-refractivity contribution < 1.29 is 33.0 Å². The molecule has 2 fully saturated rings. The molecule has 4 atom stereocenters. The minimum atomic E-state index is -1.69. The molecule has 0 aliphatic carbocycles. The van der Waals surface area contributed by atoms with Crippen LogP contribution < -0.4 is 25.8 Å². The molecule has 3 heterocycles. The average Bonchev–Trinajstić information content (AvgIpc) is 3.41. The van der Waals surface area contributed by atoms with Crippen LogP contribution in [-0.2, 0) is 31.1 Å². The summed E-state index contributed by atoms with van der Waals surface area (Å²) in [5.74, 6) is -4.02. The third-order valence-electron chi connectivity index (χ3n) is 7.26. The predicted molar refractivity (Wildman–Crippen MR) is 124 cm³/mol. The highest BCUT2D eigenvalue weighted by molar-refractivity contribution is 6.15. The summed E-state index contributed by atoms with van der Waals surface area (Å²) in [5.41, 5.74) is 5.12. The number of ether oxygens (including phenoxy) is 2. The Kier molecular flexibility index (Phi) is 5.67. The molecule has 4 N–H and O–H groups in total. The summed E-state index contributed by atoms with van der Waals surface area (Å²) in [7, 11) is 3.03. The molecule has 3 aliphatic heterocycles. The topological polar surface area (TPSA) is 140 Å². The van der Waals surface area contributed by atoms with Gasteiger partial charge in [-0.15, -0.1) is 0 Å². The maximum atomic E-state index is 14.2. The second-order valence-electron chi connectivity index (χ2n) is 9.14. The fraction of sp³-hybridized carbons (Fsp3) is 0.360. The van der Waals surface area contributed by atoms with Gasteiger partial charge in [-0.05, 0) is 42.3 Å². The number of nitrogens with zero attached hydrogens (tertiary/aromatic N) is 1. The number of halogens is 1. The smallest absolute Gasteiger partial charge is 0.250 e. The molecule has 11 heteroatoms. The molecule has 188 valence electrons. The van der Waals surface area contributed by atoms with Crippen molar-refractivity contribution in [2.24, 2.45) is 17.6 Å². The molecule has 0 radical (unpaired) electrons. The Hall–Kier alpha value is -3.99. The van der Waals surface area contributed by atoms with Gasteiger partial charge in [-0.25, -0.2) is 4.39 Å². The molecule has 0 aromatic heterocycles. The number of nitrogens with one attached hydrogen (secondary N) is 2. The minimum absolute atomic E-state index is 0.0527. The van der Waals surface area contributed by atoms with Gasteiger partial charge in [-0.1, -0.05) is 6.07 Å². The molecule has 0 saturated carbocycles. The van der Waals surface area contributed by atoms with Crippen molar-refractivity contribution in [3.8, 4) is 11.5 Å². The Morgan fingerprint density at radius 3 is 2.53 bits per heavy atom. The molecule has 4 amide bonds. The zero-order chi connectivity index (χ0) is 25.8. The number of carbonyl (C=O) groups excluding carboxylic acids is 4. The van der Waals surface area contributed by atoms with Gasteiger partial charge in [0.15, 0.2) is 11.5 Å². The average molecular weight is 496 g/mol. The van der Waals surface area contributed by atoms with Crippen LogP contribution in [0.1, 0.15) is 17.5 Å². The lowest BCUT2D eigenvalue weighted by molar-refractivity contribution is -0.142. The minimum Gasteiger partial charge on any atom is -0.493 e. The summed E-state index contributed by atoms with van der Waals surface area (Å²) in [6.45, 7) is 0.0527. The zero-order valence-corrected chi connectivity index (χ0v) is 19.7. The van der Waals surface area contributed by atoms with E-state index >= 15 is 0 Å². The van der Waals surface area contributed by atoms with Crippen LogP contribution in [0.15, 0.2) is 36.4 Å². The van der Waals surface area contributed by atoms with Crippen LogP contribution in [-0.4, -0.2) is 55.3 Å². The first-order valence-electron chi connectivity index (χ1n) is 11.4. The number of nitrogens with two attached hydrogens (primary N) is 1. The number of hydrogen-bond acceptors (Lipinski definition) is 7. The van der Waals surface area contributed by atoms with Crippen LogP contribution in [0.3, 0.4) is 0 Å². The van der Waals surface area contributed by atoms with Crippen LogP contribution in [0.4, 0.5) is 10.1 Å². The summed E-state index contributed by atoms with van der Waals surface area (Å²) in [6.07, 6.45) is 0.0684. The van der Waals surface area contributed by atoms with E-state index in [1.54, 1.807) is 18.2 Å². The molecule has 2 aromatic rings. The van der Waals surface area contributed by atoms with Gasteiger partial charge in [0.05, 0.1) is 26.1 Å². The van der Waals surface area contributed by atoms with E-state index in [1.165, 1.54) is 32.4 Å². The lowest BCUT2D eigenvalue weighted by atomic mass is 9.76. The van der Waals surface area contributed by atoms with Gasteiger partial charge in [0.1, 0.15) is 11.4 Å². The summed E-state index contributed by atoms with van der Waals surface area (Å²) < 4.78 is 24.8. The molecule has 2 saturated heterocycles. The number of carbonyl (C=O) groups is 4. The highest BCUT2D eigenvalue weighted by Gasteiger charge is 2.70. The highest BCUT2D eigenvalue weighted by Crippen LogP contribution is 2.53. The number of likely N-dealkylation sites (tertiary alicyclic amines) is 1. The molecule has 0 unspecified atom stereocenters. The molecule has 1 spiro atoms. The largest absolute Gasteiger partial charge is 0.493 e. The van der Waals surface area contributed by atoms with E-state index in [4.69, 9.17) is 15.2 Å². The van der Waals surface area contributed by atoms with Gasteiger partial charge < -0.3 is 20.5 Å². The second-order valence-corrected chi connectivity index (χ2v) is 9.14. The lowest BCUT2D eigenvalue weighted by Gasteiger charge is -2.29. The molecule has 10 nitrogen and oxygen atoms in total. The number of fused-ring (bicyclic) bond motifs is 4. The van der Waals surface area contributed by atoms with Gasteiger partial charge >= 0.3 is 0 Å². The Morgan fingerprint density at radius 2 is 1.83 bits per heavy atom. The van der Waals surface area contributed by atoms with E-state index in [-0.39, 0.29) is 18.5 Å². The van der Waals surface area contributed by atoms with Gasteiger partial charge in [0, 0.05) is 30.3 Å². The third-order valence-corrected chi connectivity index (χ3v) is 7.26. The van der Waals surface area contributed by atoms with Gasteiger partial charge in [-0.2, -0.15) is 0 Å². The predicted octanol–water partition coefficient (Wildman–Crippen LogP) is 0.681. The fourth-order valence-electron chi connectivity index (χ4n) is 5.72. The van der Waals surface area contributed by atoms with Crippen molar-refractivity contribution in [1.29, 1.82) is 0 Å². The Balaban J connectivity index is 1.49. The quantitative estimate of drug-likeness (QED) is 0.479. The molecule has 2 aromatic carbocycles. The molecular weight excluding hydrogens is 471 g/mol. The lowest BCUT2D eigenvalue weighted by Crippen LogP contribution is -2.53. The van der Waals surface area contributed by atoms with Crippen LogP contribution in [0.25, 0.3) is 0 Å². The molecule has 3 aliphatic rings. The van der Waals surface area contributed by atoms with Crippen molar-refractivity contribution in [2.45, 2.75) is 24.4 Å². The maximum Gasteiger partial charge on any atom is 0.250 e. The monoisotopic (exact) mass is 496 g/mol. The Morgan fingerprint density at radius 1 is 1.08 bits per heavy atom. The first-order valence-corrected chi connectivity index (χ1v) is 11.4. The number of anilines is 1. The molecule has 0 bridgehead atoms. The number of rotatable bonds is 7. The van der Waals surface area contributed by atoms with Gasteiger partial charge in [0.25, 0.3) is 0 Å². The first kappa shape index (κ1) is 23.7. The van der Waals surface area contributed by atoms with Crippen LogP contribution in [0.5, 0.6) is 11.5 Å². The number of primary amides is 1. The molecule has 5 rings (SSSR count). The summed E-state index contributed by atoms with van der Waals surface area (Å²) >= 11 is 0. The number of amides is 4. The number of hydrogen-bond donors (Lipinski definition) is 3. The summed E-state index contributed by atoms with van der Waals surface area (Å²) in [6, 6.07) is 8.20. The van der Waals surface area contributed by atoms with Gasteiger partial charge in [-0.3, -0.25) is 29.4 Å². The normalized spacial score (nSPS) is 26.2. The summed E-state index contributed by atoms with van der Waals surface area (Å²) in [5, 5.41) is 5.72. The van der Waals surface area contributed by atoms with E-state index in [1.807, 2.05) is 0 Å². The summed E-state index contributed by atoms with van der Waals surface area (Å²) in [4.78, 5) is 53.4. The zero-order valence-electron chi connectivity index (χ0n) is 19.7. The van der Waals surface area contributed by atoms with Crippen molar-refractivity contribution in [3.05, 3.63) is 53.3 Å². The number of benzene rings is 2. The Bertz CT molecular complexity index is 1300. The van der Waals surface area contributed by atoms with E-state index in [2.05, 4.69) is 10.6 Å². The van der Waals surface area contributed by atoms with Crippen molar-refractivity contribution >= 4 is 29.3 Å². The van der Waals surface area contributed by atoms with Gasteiger partial charge in [0.2, 0.25) is 23.6 Å². The van der Waals surface area contributed by atoms with E-state index in [0.717, 1.165) is 10.5 Å². The van der Waals surface area contributed by atoms with Crippen molar-refractivity contribution in [3.63, 3.8) is 0 Å². The SMILES string of the molecule is COc1ccc(CCN2C(=O)[C@@H]3[C@H](CC(N)=O)N[C@@]4(C(=O)Nc5ccc(F)cc54)[C@@H]3C2=O)cc1OC. The van der Waals surface area contributed by atoms with Crippen LogP contribution in [0.2, 0.25) is 0 Å². The van der Waals surface area contributed by atoms with Crippen LogP contribution >= 0.6 is 0 Å². The third kappa shape index (κ3) is 3.41. The standard InChI is InChI=1S/C25H25FN4O6/c1-35-17-6-3-12(9-18(17)36-2)7-8-30-22(32)20-16(11-19(27)31)29-25(21(20)23(30)33)14-10-13(26)4-5-15(14)28-24(25)34/h3-6,9-10,16,20-21,29H,7-8,11H2,1-2H3,(H2,27,31)(H,28,34)/t16-,20+,21-,25+/m0/s1. The van der Waals surface area contributed by atoms with E-state index < -0.39 is 52.9 Å². The van der Waals surface area contributed by atoms with E-state index in [9.17, 15) is 23.6 Å². The maximum absolute atomic E-state index is 14.2. The van der Waals surface area contributed by atoms with Crippen molar-refractivity contribution in [2.75, 3.05) is 26.1 Å². The highest BCUT2D eigenvalue weighted by atomic mass is 19.1.